The zero-order valence-corrected chi connectivity index (χ0v) is 7.80. The summed E-state index contributed by atoms with van der Waals surface area (Å²) in [5.41, 5.74) is 5.47. The van der Waals surface area contributed by atoms with Crippen molar-refractivity contribution in [3.8, 4) is 0 Å². The maximum absolute atomic E-state index is 11.4. The van der Waals surface area contributed by atoms with Crippen molar-refractivity contribution in [2.45, 2.75) is 38.6 Å². The van der Waals surface area contributed by atoms with Crippen LogP contribution in [0.4, 0.5) is 0 Å². The molecule has 0 amide bonds. The van der Waals surface area contributed by atoms with Crippen LogP contribution in [-0.4, -0.2) is 19.1 Å². The highest BCUT2D eigenvalue weighted by atomic mass is 16.5. The van der Waals surface area contributed by atoms with Gasteiger partial charge in [0.2, 0.25) is 0 Å². The highest BCUT2D eigenvalue weighted by Gasteiger charge is 2.38. The molecule has 0 saturated heterocycles. The fraction of sp³-hybridized carbons (Fsp3) is 0.889. The number of esters is 1. The Bertz CT molecular complexity index is 181. The van der Waals surface area contributed by atoms with E-state index < -0.39 is 0 Å². The van der Waals surface area contributed by atoms with Crippen molar-refractivity contribution in [2.24, 2.45) is 11.1 Å². The lowest BCUT2D eigenvalue weighted by Crippen LogP contribution is -2.40. The Morgan fingerprint density at radius 2 is 2.33 bits per heavy atom. The second-order valence-corrected chi connectivity index (χ2v) is 3.91. The summed E-state index contributed by atoms with van der Waals surface area (Å²) in [5, 5.41) is 0. The predicted octanol–water partition coefficient (Wildman–Crippen LogP) is 1.07. The molecule has 1 aliphatic carbocycles. The maximum Gasteiger partial charge on any atom is 0.311 e. The Balaban J connectivity index is 2.63. The van der Waals surface area contributed by atoms with Gasteiger partial charge in [-0.3, -0.25) is 4.79 Å². The maximum atomic E-state index is 11.4. The first kappa shape index (κ1) is 9.52. The molecule has 1 aliphatic rings. The third-order valence-corrected chi connectivity index (χ3v) is 2.69. The summed E-state index contributed by atoms with van der Waals surface area (Å²) in [6.07, 6.45) is 3.74. The molecule has 2 atom stereocenters. The van der Waals surface area contributed by atoms with Crippen molar-refractivity contribution in [3.63, 3.8) is 0 Å². The topological polar surface area (TPSA) is 52.3 Å². The summed E-state index contributed by atoms with van der Waals surface area (Å²) in [6, 6.07) is 0.169. The highest BCUT2D eigenvalue weighted by Crippen LogP contribution is 2.36. The van der Waals surface area contributed by atoms with Crippen molar-refractivity contribution >= 4 is 5.97 Å². The smallest absolute Gasteiger partial charge is 0.311 e. The second kappa shape index (κ2) is 3.44. The van der Waals surface area contributed by atoms with Crippen molar-refractivity contribution in [1.29, 1.82) is 0 Å². The van der Waals surface area contributed by atoms with Gasteiger partial charge in [-0.05, 0) is 26.2 Å². The first-order chi connectivity index (χ1) is 5.58. The Labute approximate surface area is 73.3 Å². The largest absolute Gasteiger partial charge is 0.469 e. The molecule has 0 heterocycles. The second-order valence-electron chi connectivity index (χ2n) is 3.91. The van der Waals surface area contributed by atoms with Crippen LogP contribution in [0.3, 0.4) is 0 Å². The van der Waals surface area contributed by atoms with Gasteiger partial charge in [-0.25, -0.2) is 0 Å². The molecule has 0 radical (unpaired) electrons. The van der Waals surface area contributed by atoms with Crippen LogP contribution >= 0.6 is 0 Å². The standard InChI is InChI=1S/C9H17NO2/c1-9(8(11)12-2)5-3-4-7(10)6-9/h7H,3-6,10H2,1-2H3/t7-,9-/m1/s1. The number of nitrogens with two attached hydrogens (primary N) is 1. The summed E-state index contributed by atoms with van der Waals surface area (Å²) in [4.78, 5) is 11.4. The van der Waals surface area contributed by atoms with Gasteiger partial charge >= 0.3 is 5.97 Å². The van der Waals surface area contributed by atoms with E-state index in [4.69, 9.17) is 10.5 Å². The Morgan fingerprint density at radius 3 is 2.83 bits per heavy atom. The molecule has 0 aromatic heterocycles. The molecule has 1 rings (SSSR count). The van der Waals surface area contributed by atoms with Crippen LogP contribution in [-0.2, 0) is 9.53 Å². The molecule has 1 fully saturated rings. The van der Waals surface area contributed by atoms with Crippen LogP contribution in [0.25, 0.3) is 0 Å². The number of methoxy groups -OCH3 is 1. The molecule has 0 aliphatic heterocycles. The molecule has 0 spiro atoms. The molecule has 3 nitrogen and oxygen atoms in total. The third-order valence-electron chi connectivity index (χ3n) is 2.69. The molecule has 12 heavy (non-hydrogen) atoms. The molecule has 2 N–H and O–H groups in total. The highest BCUT2D eigenvalue weighted by molar-refractivity contribution is 5.76. The van der Waals surface area contributed by atoms with Crippen molar-refractivity contribution in [2.75, 3.05) is 7.11 Å². The monoisotopic (exact) mass is 171 g/mol. The summed E-state index contributed by atoms with van der Waals surface area (Å²) in [7, 11) is 1.44. The fourth-order valence-electron chi connectivity index (χ4n) is 1.97. The molecular formula is C9H17NO2. The van der Waals surface area contributed by atoms with E-state index in [1.807, 2.05) is 6.92 Å². The molecule has 0 aromatic rings. The number of hydrogen-bond donors (Lipinski definition) is 1. The van der Waals surface area contributed by atoms with Gasteiger partial charge in [-0.15, -0.1) is 0 Å². The van der Waals surface area contributed by atoms with Gasteiger partial charge < -0.3 is 10.5 Å². The first-order valence-electron chi connectivity index (χ1n) is 4.42. The molecule has 3 heteroatoms. The number of carbonyl (C=O) groups is 1. The van der Waals surface area contributed by atoms with Gasteiger partial charge in [0, 0.05) is 6.04 Å². The van der Waals surface area contributed by atoms with Gasteiger partial charge in [-0.1, -0.05) is 6.42 Å². The molecule has 0 unspecified atom stereocenters. The minimum atomic E-state index is -0.327. The zero-order valence-electron chi connectivity index (χ0n) is 7.80. The SMILES string of the molecule is COC(=O)[C@]1(C)CCC[C@@H](N)C1. The quantitative estimate of drug-likeness (QED) is 0.600. The molecule has 0 bridgehead atoms. The Kier molecular flexibility index (Phi) is 2.73. The number of carbonyl (C=O) groups excluding carboxylic acids is 1. The Hall–Kier alpha value is -0.570. The number of rotatable bonds is 1. The average molecular weight is 171 g/mol. The molecule has 70 valence electrons. The van der Waals surface area contributed by atoms with Gasteiger partial charge in [0.05, 0.1) is 12.5 Å². The fourth-order valence-corrected chi connectivity index (χ4v) is 1.97. The molecular weight excluding hydrogens is 154 g/mol. The predicted molar refractivity (Wildman–Crippen MR) is 46.6 cm³/mol. The van der Waals surface area contributed by atoms with E-state index in [0.717, 1.165) is 25.7 Å². The van der Waals surface area contributed by atoms with E-state index in [1.54, 1.807) is 0 Å². The van der Waals surface area contributed by atoms with Crippen molar-refractivity contribution in [3.05, 3.63) is 0 Å². The molecule has 1 saturated carbocycles. The van der Waals surface area contributed by atoms with Gasteiger partial charge in [0.1, 0.15) is 0 Å². The van der Waals surface area contributed by atoms with E-state index >= 15 is 0 Å². The van der Waals surface area contributed by atoms with E-state index in [2.05, 4.69) is 0 Å². The van der Waals surface area contributed by atoms with Gasteiger partial charge in [0.25, 0.3) is 0 Å². The lowest BCUT2D eigenvalue weighted by Gasteiger charge is -2.33. The van der Waals surface area contributed by atoms with Crippen molar-refractivity contribution < 1.29 is 9.53 Å². The third kappa shape index (κ3) is 1.78. The van der Waals surface area contributed by atoms with Crippen LogP contribution in [0, 0.1) is 5.41 Å². The van der Waals surface area contributed by atoms with E-state index in [9.17, 15) is 4.79 Å². The van der Waals surface area contributed by atoms with E-state index in [-0.39, 0.29) is 17.4 Å². The summed E-state index contributed by atoms with van der Waals surface area (Å²) >= 11 is 0. The number of ether oxygens (including phenoxy) is 1. The zero-order chi connectivity index (χ0) is 9.19. The van der Waals surface area contributed by atoms with E-state index in [0.29, 0.717) is 0 Å². The van der Waals surface area contributed by atoms with Crippen LogP contribution < -0.4 is 5.73 Å². The summed E-state index contributed by atoms with van der Waals surface area (Å²) in [5.74, 6) is -0.113. The van der Waals surface area contributed by atoms with Crippen LogP contribution in [0.15, 0.2) is 0 Å². The van der Waals surface area contributed by atoms with Crippen LogP contribution in [0.1, 0.15) is 32.6 Å². The van der Waals surface area contributed by atoms with Crippen LogP contribution in [0.5, 0.6) is 0 Å². The van der Waals surface area contributed by atoms with Crippen molar-refractivity contribution in [1.82, 2.24) is 0 Å². The Morgan fingerprint density at radius 1 is 1.67 bits per heavy atom. The lowest BCUT2D eigenvalue weighted by molar-refractivity contribution is -0.153. The minimum Gasteiger partial charge on any atom is -0.469 e. The molecule has 0 aromatic carbocycles. The van der Waals surface area contributed by atoms with E-state index in [1.165, 1.54) is 7.11 Å². The average Bonchev–Trinajstić information content (AvgIpc) is 2.02. The van der Waals surface area contributed by atoms with Gasteiger partial charge in [0.15, 0.2) is 0 Å². The summed E-state index contributed by atoms with van der Waals surface area (Å²) in [6.45, 7) is 1.94. The number of hydrogen-bond acceptors (Lipinski definition) is 3. The summed E-state index contributed by atoms with van der Waals surface area (Å²) < 4.78 is 4.75. The first-order valence-corrected chi connectivity index (χ1v) is 4.42. The van der Waals surface area contributed by atoms with Gasteiger partial charge in [-0.2, -0.15) is 0 Å². The lowest BCUT2D eigenvalue weighted by atomic mass is 9.74. The van der Waals surface area contributed by atoms with Crippen LogP contribution in [0.2, 0.25) is 0 Å². The normalized spacial score (nSPS) is 36.1. The minimum absolute atomic E-state index is 0.113.